The van der Waals surface area contributed by atoms with Crippen molar-refractivity contribution in [1.29, 1.82) is 0 Å². The highest BCUT2D eigenvalue weighted by molar-refractivity contribution is 9.10. The molecule has 2 heterocycles. The smallest absolute Gasteiger partial charge is 0.336 e. The Bertz CT molecular complexity index is 872. The minimum atomic E-state index is -0.317. The second-order valence-corrected chi connectivity index (χ2v) is 7.48. The molecule has 0 spiro atoms. The van der Waals surface area contributed by atoms with Gasteiger partial charge in [0.15, 0.2) is 0 Å². The zero-order valence-corrected chi connectivity index (χ0v) is 14.7. The first-order valence-electron chi connectivity index (χ1n) is 6.83. The largest absolute Gasteiger partial charge is 0.423 e. The van der Waals surface area contributed by atoms with Crippen LogP contribution in [0.2, 0.25) is 0 Å². The molecule has 0 aliphatic rings. The number of fused-ring (bicyclic) bond motifs is 1. The van der Waals surface area contributed by atoms with Crippen LogP contribution in [0.25, 0.3) is 11.0 Å². The number of rotatable bonds is 4. The Balaban J connectivity index is 1.88. The molecule has 0 amide bonds. The minimum Gasteiger partial charge on any atom is -0.423 e. The molecule has 3 rings (SSSR count). The van der Waals surface area contributed by atoms with Crippen molar-refractivity contribution in [2.75, 3.05) is 7.05 Å². The number of aryl methyl sites for hydroxylation is 1. The van der Waals surface area contributed by atoms with Crippen molar-refractivity contribution in [3.8, 4) is 0 Å². The Kier molecular flexibility index (Phi) is 4.42. The number of hydrogen-bond acceptors (Lipinski definition) is 5. The summed E-state index contributed by atoms with van der Waals surface area (Å²) in [6.45, 7) is 3.49. The van der Waals surface area contributed by atoms with Crippen molar-refractivity contribution in [3.05, 3.63) is 60.8 Å². The van der Waals surface area contributed by atoms with Gasteiger partial charge in [0.1, 0.15) is 5.58 Å². The van der Waals surface area contributed by atoms with Crippen LogP contribution in [-0.2, 0) is 13.1 Å². The van der Waals surface area contributed by atoms with Crippen LogP contribution < -0.4 is 5.63 Å². The molecule has 0 aliphatic carbocycles. The molecule has 4 nitrogen and oxygen atoms in total. The van der Waals surface area contributed by atoms with E-state index in [1.807, 2.05) is 38.4 Å². The van der Waals surface area contributed by atoms with Gasteiger partial charge in [-0.1, -0.05) is 15.9 Å². The van der Waals surface area contributed by atoms with Crippen molar-refractivity contribution >= 4 is 38.2 Å². The van der Waals surface area contributed by atoms with E-state index in [1.165, 1.54) is 4.88 Å². The summed E-state index contributed by atoms with van der Waals surface area (Å²) >= 11 is 5.10. The highest BCUT2D eigenvalue weighted by Crippen LogP contribution is 2.23. The van der Waals surface area contributed by atoms with Gasteiger partial charge in [-0.3, -0.25) is 4.90 Å². The van der Waals surface area contributed by atoms with E-state index in [-0.39, 0.29) is 5.63 Å². The van der Waals surface area contributed by atoms with Crippen LogP contribution >= 0.6 is 27.3 Å². The maximum atomic E-state index is 11.8. The van der Waals surface area contributed by atoms with Gasteiger partial charge in [-0.25, -0.2) is 9.78 Å². The molecular weight excluding hydrogens is 364 g/mol. The molecule has 0 atom stereocenters. The van der Waals surface area contributed by atoms with Gasteiger partial charge in [-0.05, 0) is 37.7 Å². The first-order valence-corrected chi connectivity index (χ1v) is 8.44. The fourth-order valence-electron chi connectivity index (χ4n) is 2.43. The summed E-state index contributed by atoms with van der Waals surface area (Å²) < 4.78 is 6.17. The fourth-order valence-corrected chi connectivity index (χ4v) is 3.64. The SMILES string of the molecule is Cc1ncc(CN(C)Cc2cc(=O)oc3cc(Br)ccc23)s1. The van der Waals surface area contributed by atoms with E-state index in [4.69, 9.17) is 4.42 Å². The van der Waals surface area contributed by atoms with Crippen LogP contribution in [0.15, 0.2) is 44.1 Å². The Hall–Kier alpha value is -1.50. The second kappa shape index (κ2) is 6.32. The quantitative estimate of drug-likeness (QED) is 0.644. The maximum Gasteiger partial charge on any atom is 0.336 e. The van der Waals surface area contributed by atoms with Gasteiger partial charge in [0.2, 0.25) is 0 Å². The van der Waals surface area contributed by atoms with Gasteiger partial charge in [0.25, 0.3) is 0 Å². The third kappa shape index (κ3) is 3.45. The molecule has 2 aromatic heterocycles. The lowest BCUT2D eigenvalue weighted by molar-refractivity contribution is 0.322. The van der Waals surface area contributed by atoms with E-state index in [0.29, 0.717) is 12.1 Å². The van der Waals surface area contributed by atoms with Crippen LogP contribution in [0.1, 0.15) is 15.4 Å². The summed E-state index contributed by atoms with van der Waals surface area (Å²) in [7, 11) is 2.04. The number of nitrogens with zero attached hydrogens (tertiary/aromatic N) is 2. The molecule has 22 heavy (non-hydrogen) atoms. The molecule has 0 saturated carbocycles. The van der Waals surface area contributed by atoms with Crippen molar-refractivity contribution in [2.45, 2.75) is 20.0 Å². The highest BCUT2D eigenvalue weighted by atomic mass is 79.9. The summed E-state index contributed by atoms with van der Waals surface area (Å²) in [4.78, 5) is 19.4. The number of aromatic nitrogens is 1. The molecule has 0 N–H and O–H groups in total. The summed E-state index contributed by atoms with van der Waals surface area (Å²) in [5.74, 6) is 0. The molecule has 0 unspecified atom stereocenters. The van der Waals surface area contributed by atoms with E-state index in [1.54, 1.807) is 17.4 Å². The monoisotopic (exact) mass is 378 g/mol. The molecule has 1 aromatic carbocycles. The van der Waals surface area contributed by atoms with Gasteiger partial charge >= 0.3 is 5.63 Å². The number of benzene rings is 1. The molecular formula is C16H15BrN2O2S. The van der Waals surface area contributed by atoms with Crippen LogP contribution in [0.4, 0.5) is 0 Å². The topological polar surface area (TPSA) is 46.3 Å². The fraction of sp³-hybridized carbons (Fsp3) is 0.250. The number of halogens is 1. The van der Waals surface area contributed by atoms with Crippen LogP contribution in [0.3, 0.4) is 0 Å². The predicted molar refractivity (Wildman–Crippen MR) is 92.2 cm³/mol. The molecule has 0 bridgehead atoms. The molecule has 0 saturated heterocycles. The van der Waals surface area contributed by atoms with Gasteiger partial charge in [-0.15, -0.1) is 11.3 Å². The van der Waals surface area contributed by atoms with E-state index in [2.05, 4.69) is 25.8 Å². The standard InChI is InChI=1S/C16H15BrN2O2S/c1-10-18-7-13(22-10)9-19(2)8-11-5-16(20)21-15-6-12(17)3-4-14(11)15/h3-7H,8-9H2,1-2H3. The Labute approximate surface area is 140 Å². The van der Waals surface area contributed by atoms with E-state index in [9.17, 15) is 4.79 Å². The van der Waals surface area contributed by atoms with Crippen LogP contribution in [-0.4, -0.2) is 16.9 Å². The van der Waals surface area contributed by atoms with Crippen molar-refractivity contribution < 1.29 is 4.42 Å². The van der Waals surface area contributed by atoms with Gasteiger partial charge in [-0.2, -0.15) is 0 Å². The molecule has 0 aliphatic heterocycles. The lowest BCUT2D eigenvalue weighted by Gasteiger charge is -2.16. The molecule has 0 radical (unpaired) electrons. The Morgan fingerprint density at radius 3 is 2.86 bits per heavy atom. The lowest BCUT2D eigenvalue weighted by Crippen LogP contribution is -2.18. The summed E-state index contributed by atoms with van der Waals surface area (Å²) in [6.07, 6.45) is 1.91. The first kappa shape index (κ1) is 15.4. The third-order valence-electron chi connectivity index (χ3n) is 3.33. The lowest BCUT2D eigenvalue weighted by atomic mass is 10.1. The average molecular weight is 379 g/mol. The Morgan fingerprint density at radius 1 is 1.32 bits per heavy atom. The summed E-state index contributed by atoms with van der Waals surface area (Å²) in [5.41, 5.74) is 1.27. The van der Waals surface area contributed by atoms with E-state index in [0.717, 1.165) is 27.0 Å². The molecule has 0 fully saturated rings. The van der Waals surface area contributed by atoms with Crippen LogP contribution in [0, 0.1) is 6.92 Å². The zero-order valence-electron chi connectivity index (χ0n) is 12.3. The highest BCUT2D eigenvalue weighted by Gasteiger charge is 2.10. The molecule has 6 heteroatoms. The summed E-state index contributed by atoms with van der Waals surface area (Å²) in [5, 5.41) is 2.04. The van der Waals surface area contributed by atoms with Crippen molar-refractivity contribution in [3.63, 3.8) is 0 Å². The molecule has 114 valence electrons. The van der Waals surface area contributed by atoms with E-state index < -0.39 is 0 Å². The van der Waals surface area contributed by atoms with Gasteiger partial charge < -0.3 is 4.42 Å². The Morgan fingerprint density at radius 2 is 2.14 bits per heavy atom. The normalized spacial score (nSPS) is 11.5. The zero-order chi connectivity index (χ0) is 15.7. The minimum absolute atomic E-state index is 0.317. The summed E-state index contributed by atoms with van der Waals surface area (Å²) in [6, 6.07) is 7.33. The molecule has 3 aromatic rings. The second-order valence-electron chi connectivity index (χ2n) is 5.25. The number of hydrogen-bond donors (Lipinski definition) is 0. The van der Waals surface area contributed by atoms with Crippen LogP contribution in [0.5, 0.6) is 0 Å². The van der Waals surface area contributed by atoms with Gasteiger partial charge in [0, 0.05) is 40.1 Å². The first-order chi connectivity index (χ1) is 10.5. The van der Waals surface area contributed by atoms with Crippen molar-refractivity contribution in [1.82, 2.24) is 9.88 Å². The van der Waals surface area contributed by atoms with E-state index >= 15 is 0 Å². The van der Waals surface area contributed by atoms with Crippen molar-refractivity contribution in [2.24, 2.45) is 0 Å². The number of thiazole rings is 1. The predicted octanol–water partition coefficient (Wildman–Crippen LogP) is 3.95. The third-order valence-corrected chi connectivity index (χ3v) is 4.72. The maximum absolute atomic E-state index is 11.8. The van der Waals surface area contributed by atoms with Gasteiger partial charge in [0.05, 0.1) is 5.01 Å². The average Bonchev–Trinajstić information content (AvgIpc) is 2.83.